The van der Waals surface area contributed by atoms with Crippen molar-refractivity contribution in [3.8, 4) is 0 Å². The lowest BCUT2D eigenvalue weighted by atomic mass is 10.0. The number of carbonyl (C=O) groups is 6. The quantitative estimate of drug-likeness (QED) is 0.0119. The molecule has 0 saturated heterocycles. The number of esters is 3. The van der Waals surface area contributed by atoms with Gasteiger partial charge in [0.1, 0.15) is 35.6 Å². The van der Waals surface area contributed by atoms with Crippen molar-refractivity contribution in [2.24, 2.45) is 17.2 Å². The van der Waals surface area contributed by atoms with Gasteiger partial charge in [-0.15, -0.1) is 69.6 Å². The van der Waals surface area contributed by atoms with Gasteiger partial charge in [-0.2, -0.15) is 0 Å². The number of carbonyl (C=O) groups excluding carboxylic acids is 6. The Labute approximate surface area is 625 Å². The molecule has 18 nitrogen and oxygen atoms in total. The first-order valence-corrected chi connectivity index (χ1v) is 33.9. The maximum absolute atomic E-state index is 13.2. The fourth-order valence-corrected chi connectivity index (χ4v) is 10.0. The minimum Gasteiger partial charge on any atom is -0.464 e. The van der Waals surface area contributed by atoms with Crippen LogP contribution in [0.25, 0.3) is 0 Å². The van der Waals surface area contributed by atoms with Crippen molar-refractivity contribution in [2.75, 3.05) is 109 Å². The number of hydrogen-bond acceptors (Lipinski definition) is 15. The van der Waals surface area contributed by atoms with E-state index in [1.807, 2.05) is 0 Å². The summed E-state index contributed by atoms with van der Waals surface area (Å²) in [7, 11) is 0. The molecule has 0 aromatic heterocycles. The summed E-state index contributed by atoms with van der Waals surface area (Å²) in [5.41, 5.74) is 23.0. The molecule has 6 aromatic rings. The Morgan fingerprint density at radius 3 is 0.879 bits per heavy atom. The number of rotatable bonds is 39. The second-order valence-electron chi connectivity index (χ2n) is 21.3. The van der Waals surface area contributed by atoms with Crippen LogP contribution in [0, 0.1) is 17.5 Å². The number of alkyl halides is 6. The van der Waals surface area contributed by atoms with Crippen LogP contribution in [0.1, 0.15) is 70.6 Å². The molecule has 6 aromatic carbocycles. The zero-order chi connectivity index (χ0) is 83.4. The van der Waals surface area contributed by atoms with Crippen molar-refractivity contribution in [1.29, 1.82) is 0 Å². The molecule has 6 unspecified atom stereocenters. The molecule has 0 heterocycles. The molecule has 6 rings (SSSR count). The predicted molar refractivity (Wildman–Crippen MR) is 391 cm³/mol. The number of nitrogens with zero attached hydrogens (tertiary/aromatic N) is 3. The number of anilines is 3. The lowest BCUT2D eigenvalue weighted by molar-refractivity contribution is -0.147. The molecule has 0 spiro atoms. The van der Waals surface area contributed by atoms with Crippen LogP contribution >= 0.6 is 69.6 Å². The SMILES string of the molecule is [2H]C([2H])(CCl)N(c1ccc(CC(N)C(=O)NC(Cc2ccc(F)cc2)C(=O)OCC)cc1)C([2H])([2H])CCl.[2H]C([2H])(Cl)C([2H])([2H])N(CCCl)c1ccc(CC(N)C(=O)NC(Cc2ccc(F)cc2)C(=O)OCC)cc1.[2H]C([2H])(Cl)CN(c1ccc(CC(N)C(=O)NC(Cc2ccc(F)cc2)C(=O)OCC)cc1)C([2H])([2H])CCl. The number of nitrogens with one attached hydrogen (secondary N) is 3. The Morgan fingerprint density at radius 1 is 0.374 bits per heavy atom. The van der Waals surface area contributed by atoms with Crippen molar-refractivity contribution >= 4 is 122 Å². The van der Waals surface area contributed by atoms with Gasteiger partial charge in [-0.1, -0.05) is 72.8 Å². The molecule has 6 atom stereocenters. The van der Waals surface area contributed by atoms with Crippen LogP contribution in [0.3, 0.4) is 0 Å². The summed E-state index contributed by atoms with van der Waals surface area (Å²) < 4.78 is 150. The summed E-state index contributed by atoms with van der Waals surface area (Å²) in [6.45, 7) is -4.19. The molecule has 0 aliphatic heterocycles. The van der Waals surface area contributed by atoms with E-state index in [1.54, 1.807) is 81.4 Å². The second-order valence-corrected chi connectivity index (χ2v) is 23.0. The Morgan fingerprint density at radius 2 is 0.626 bits per heavy atom. The first-order chi connectivity index (χ1) is 51.9. The van der Waals surface area contributed by atoms with Crippen molar-refractivity contribution in [2.45, 2.75) is 95.5 Å². The Balaban J connectivity index is 0.000000351. The average Bonchev–Trinajstić information content (AvgIpc) is 0.793. The predicted octanol–water partition coefficient (Wildman–Crippen LogP) is 9.81. The minimum atomic E-state index is -2.68. The molecule has 27 heteroatoms. The molecule has 9 N–H and O–H groups in total. The van der Waals surface area contributed by atoms with Crippen molar-refractivity contribution in [3.05, 3.63) is 196 Å². The van der Waals surface area contributed by atoms with E-state index in [0.717, 1.165) is 14.7 Å². The third-order valence-electron chi connectivity index (χ3n) is 14.2. The normalized spacial score (nSPS) is 15.3. The van der Waals surface area contributed by atoms with E-state index >= 15 is 0 Å². The van der Waals surface area contributed by atoms with Gasteiger partial charge in [-0.25, -0.2) is 27.6 Å². The number of ether oxygens (including phenoxy) is 3. The van der Waals surface area contributed by atoms with Crippen LogP contribution in [-0.2, 0) is 81.5 Å². The first-order valence-electron chi connectivity index (χ1n) is 37.0. The van der Waals surface area contributed by atoms with Crippen molar-refractivity contribution in [3.63, 3.8) is 0 Å². The van der Waals surface area contributed by atoms with Gasteiger partial charge in [0.25, 0.3) is 0 Å². The Kier molecular flexibility index (Phi) is 31.7. The smallest absolute Gasteiger partial charge is 0.328 e. The van der Waals surface area contributed by atoms with E-state index in [2.05, 4.69) is 16.0 Å². The number of amides is 3. The number of nitrogens with two attached hydrogens (primary N) is 3. The summed E-state index contributed by atoms with van der Waals surface area (Å²) in [5.74, 6) is -11.2. The molecule has 0 fully saturated rings. The third-order valence-corrected chi connectivity index (χ3v) is 14.9. The second kappa shape index (κ2) is 47.1. The minimum absolute atomic E-state index is 0.00531. The first kappa shape index (κ1) is 66.5. The number of benzene rings is 6. The van der Waals surface area contributed by atoms with E-state index in [0.29, 0.717) is 44.8 Å². The van der Waals surface area contributed by atoms with Gasteiger partial charge >= 0.3 is 17.9 Å². The van der Waals surface area contributed by atoms with E-state index in [4.69, 9.17) is 117 Å². The highest BCUT2D eigenvalue weighted by molar-refractivity contribution is 6.19. The highest BCUT2D eigenvalue weighted by atomic mass is 35.5. The third kappa shape index (κ3) is 31.2. The summed E-state index contributed by atoms with van der Waals surface area (Å²) in [5, 5.41) is 7.81. The van der Waals surface area contributed by atoms with Gasteiger partial charge in [-0.05, 0) is 146 Å². The topological polar surface area (TPSA) is 254 Å². The number of halogens is 9. The summed E-state index contributed by atoms with van der Waals surface area (Å²) in [4.78, 5) is 78.7. The van der Waals surface area contributed by atoms with Crippen molar-refractivity contribution < 1.29 is 72.6 Å². The molecular formula is C72H90Cl6F3N9O9. The molecule has 0 bridgehead atoms. The maximum Gasteiger partial charge on any atom is 0.328 e. The summed E-state index contributed by atoms with van der Waals surface area (Å²) in [6.07, 6.45) is 0.585. The van der Waals surface area contributed by atoms with Crippen LogP contribution in [0.2, 0.25) is 0 Å². The van der Waals surface area contributed by atoms with Crippen LogP contribution < -0.4 is 47.9 Å². The van der Waals surface area contributed by atoms with Gasteiger partial charge in [-0.3, -0.25) is 14.4 Å². The maximum atomic E-state index is 13.2. The average molecular weight is 1510 g/mol. The largest absolute Gasteiger partial charge is 0.464 e. The zero-order valence-electron chi connectivity index (χ0n) is 66.6. The molecule has 0 radical (unpaired) electrons. The van der Waals surface area contributed by atoms with E-state index < -0.39 is 151 Å². The lowest BCUT2D eigenvalue weighted by Gasteiger charge is -2.23. The summed E-state index contributed by atoms with van der Waals surface area (Å²) in [6, 6.07) is 29.4. The zero-order valence-corrected chi connectivity index (χ0v) is 59.1. The molecule has 0 aliphatic rings. The van der Waals surface area contributed by atoms with Gasteiger partial charge in [0.05, 0.1) is 48.9 Å². The van der Waals surface area contributed by atoms with Crippen LogP contribution in [-0.4, -0.2) is 166 Å². The van der Waals surface area contributed by atoms with Crippen molar-refractivity contribution in [1.82, 2.24) is 16.0 Å². The van der Waals surface area contributed by atoms with E-state index in [1.165, 1.54) is 84.9 Å². The van der Waals surface area contributed by atoms with Gasteiger partial charge in [0.2, 0.25) is 17.7 Å². The molecule has 0 aliphatic carbocycles. The molecule has 0 saturated carbocycles. The highest BCUT2D eigenvalue weighted by Gasteiger charge is 2.29. The van der Waals surface area contributed by atoms with Gasteiger partial charge in [0, 0.05) is 116 Å². The van der Waals surface area contributed by atoms with Crippen LogP contribution in [0.4, 0.5) is 30.2 Å². The molecule has 99 heavy (non-hydrogen) atoms. The molecule has 540 valence electrons. The van der Waals surface area contributed by atoms with Crippen LogP contribution in [0.5, 0.6) is 0 Å². The fraction of sp³-hybridized carbons (Fsp3) is 0.417. The monoisotopic (exact) mass is 1500 g/mol. The standard InChI is InChI=1S/3C24H30Cl2FN3O3/c3*1-2-33-24(32)22(16-18-3-7-19(27)8-4-18)29-23(31)21(28)15-17-5-9-20(10-6-17)30(13-11-25)14-12-26/h3*3-10,21-22H,2,11-16,28H2,1H3,(H,29,31)/i13D2,14D2;11D2,14D2;11D2,13D2. The Hall–Kier alpha value is -7.05. The van der Waals surface area contributed by atoms with E-state index in [-0.39, 0.29) is 76.5 Å². The van der Waals surface area contributed by atoms with Gasteiger partial charge < -0.3 is 62.1 Å². The molecular weight excluding hydrogens is 1400 g/mol. The van der Waals surface area contributed by atoms with Crippen LogP contribution in [0.15, 0.2) is 146 Å². The highest BCUT2D eigenvalue weighted by Crippen LogP contribution is 2.21. The number of hydrogen-bond donors (Lipinski definition) is 6. The molecule has 3 amide bonds. The summed E-state index contributed by atoms with van der Waals surface area (Å²) >= 11 is 34.4. The van der Waals surface area contributed by atoms with Gasteiger partial charge in [0.15, 0.2) is 0 Å². The van der Waals surface area contributed by atoms with E-state index in [9.17, 15) is 41.9 Å². The fourth-order valence-electron chi connectivity index (χ4n) is 9.27. The lowest BCUT2D eigenvalue weighted by Crippen LogP contribution is -2.50. The Bertz CT molecular complexity index is 3770.